The van der Waals surface area contributed by atoms with E-state index < -0.39 is 10.0 Å². The third kappa shape index (κ3) is 1.45. The van der Waals surface area contributed by atoms with E-state index >= 15 is 0 Å². The molecule has 0 bridgehead atoms. The van der Waals surface area contributed by atoms with Gasteiger partial charge in [-0.1, -0.05) is 0 Å². The summed E-state index contributed by atoms with van der Waals surface area (Å²) < 4.78 is 23.3. The second-order valence-electron chi connectivity index (χ2n) is 1.78. The lowest BCUT2D eigenvalue weighted by atomic mass is 10.3. The van der Waals surface area contributed by atoms with Crippen LogP contribution >= 0.6 is 0 Å². The normalized spacial score (nSPS) is 27.5. The highest BCUT2D eigenvalue weighted by Gasteiger charge is 2.13. The molecule has 1 radical (unpaired) electrons. The average molecular weight is 134 g/mol. The standard InChI is InChI=1S/C4H8NO2S/c6-8(7)4-2-1-3-5-8/h3,5H,1-2,4H2. The summed E-state index contributed by atoms with van der Waals surface area (Å²) in [5.41, 5.74) is 0. The van der Waals surface area contributed by atoms with E-state index in [-0.39, 0.29) is 5.75 Å². The first-order chi connectivity index (χ1) is 3.71. The van der Waals surface area contributed by atoms with E-state index in [1.165, 1.54) is 0 Å². The van der Waals surface area contributed by atoms with Crippen LogP contribution in [0, 0.1) is 6.54 Å². The summed E-state index contributed by atoms with van der Waals surface area (Å²) >= 11 is 0. The molecule has 1 rings (SSSR count). The van der Waals surface area contributed by atoms with Crippen molar-refractivity contribution in [1.82, 2.24) is 4.72 Å². The molecule has 1 saturated heterocycles. The minimum atomic E-state index is -2.89. The van der Waals surface area contributed by atoms with Crippen molar-refractivity contribution in [2.45, 2.75) is 12.8 Å². The van der Waals surface area contributed by atoms with Crippen LogP contribution in [0.3, 0.4) is 0 Å². The maximum absolute atomic E-state index is 10.5. The summed E-state index contributed by atoms with van der Waals surface area (Å²) in [5, 5.41) is 0. The third-order valence-corrected chi connectivity index (χ3v) is 2.38. The molecule has 4 heteroatoms. The van der Waals surface area contributed by atoms with Crippen LogP contribution in [0.2, 0.25) is 0 Å². The average Bonchev–Trinajstić information content (AvgIpc) is 1.65. The molecule has 1 N–H and O–H groups in total. The number of hydrogen-bond acceptors (Lipinski definition) is 2. The smallest absolute Gasteiger partial charge is 0.211 e. The fourth-order valence-corrected chi connectivity index (χ4v) is 1.66. The largest absolute Gasteiger partial charge is 0.212 e. The Bertz CT molecular complexity index is 149. The van der Waals surface area contributed by atoms with Crippen LogP contribution in [0.4, 0.5) is 0 Å². The highest BCUT2D eigenvalue weighted by atomic mass is 32.2. The van der Waals surface area contributed by atoms with Gasteiger partial charge in [0.15, 0.2) is 0 Å². The third-order valence-electron chi connectivity index (χ3n) is 1.02. The molecule has 3 nitrogen and oxygen atoms in total. The van der Waals surface area contributed by atoms with Crippen LogP contribution in [-0.4, -0.2) is 14.2 Å². The zero-order chi connectivity index (χ0) is 6.04. The van der Waals surface area contributed by atoms with Crippen molar-refractivity contribution in [2.24, 2.45) is 0 Å². The van der Waals surface area contributed by atoms with E-state index in [4.69, 9.17) is 0 Å². The Morgan fingerprint density at radius 1 is 1.50 bits per heavy atom. The highest BCUT2D eigenvalue weighted by molar-refractivity contribution is 7.89. The molecule has 0 aromatic rings. The van der Waals surface area contributed by atoms with Gasteiger partial charge in [-0.25, -0.2) is 13.1 Å². The maximum Gasteiger partial charge on any atom is 0.211 e. The molecule has 1 heterocycles. The number of nitrogens with one attached hydrogen (secondary N) is 1. The molecular weight excluding hydrogens is 126 g/mol. The van der Waals surface area contributed by atoms with Gasteiger partial charge in [0.05, 0.1) is 5.75 Å². The molecule has 0 amide bonds. The van der Waals surface area contributed by atoms with Gasteiger partial charge in [0.2, 0.25) is 10.0 Å². The summed E-state index contributed by atoms with van der Waals surface area (Å²) in [6.07, 6.45) is 1.62. The Balaban J connectivity index is 2.58. The van der Waals surface area contributed by atoms with Gasteiger partial charge in [0, 0.05) is 6.54 Å². The van der Waals surface area contributed by atoms with Gasteiger partial charge in [-0.15, -0.1) is 0 Å². The molecule has 0 aromatic heterocycles. The minimum Gasteiger partial charge on any atom is -0.212 e. The predicted molar refractivity (Wildman–Crippen MR) is 30.5 cm³/mol. The van der Waals surface area contributed by atoms with Gasteiger partial charge in [-0.3, -0.25) is 0 Å². The lowest BCUT2D eigenvalue weighted by Crippen LogP contribution is -2.28. The lowest BCUT2D eigenvalue weighted by Gasteiger charge is -2.09. The van der Waals surface area contributed by atoms with Crippen LogP contribution in [0.15, 0.2) is 0 Å². The summed E-state index contributed by atoms with van der Waals surface area (Å²) in [4.78, 5) is 0. The fraction of sp³-hybridized carbons (Fsp3) is 0.750. The van der Waals surface area contributed by atoms with E-state index in [1.807, 2.05) is 0 Å². The summed E-state index contributed by atoms with van der Waals surface area (Å²) in [5.74, 6) is 0.281. The molecule has 0 aliphatic carbocycles. The summed E-state index contributed by atoms with van der Waals surface area (Å²) in [7, 11) is -2.89. The van der Waals surface area contributed by atoms with Gasteiger partial charge >= 0.3 is 0 Å². The quantitative estimate of drug-likeness (QED) is 0.501. The molecular formula is C4H8NO2S. The van der Waals surface area contributed by atoms with E-state index in [0.29, 0.717) is 0 Å². The van der Waals surface area contributed by atoms with Crippen molar-refractivity contribution in [2.75, 3.05) is 5.75 Å². The molecule has 1 aliphatic rings. The first-order valence-corrected chi connectivity index (χ1v) is 4.18. The van der Waals surface area contributed by atoms with E-state index in [0.717, 1.165) is 12.8 Å². The number of hydrogen-bond donors (Lipinski definition) is 1. The first kappa shape index (κ1) is 6.04. The molecule has 0 unspecified atom stereocenters. The Labute approximate surface area is 49.1 Å². The molecule has 0 atom stereocenters. The molecule has 0 saturated carbocycles. The van der Waals surface area contributed by atoms with Crippen molar-refractivity contribution in [3.63, 3.8) is 0 Å². The fourth-order valence-electron chi connectivity index (χ4n) is 0.620. The highest BCUT2D eigenvalue weighted by Crippen LogP contribution is 2.02. The number of rotatable bonds is 0. The van der Waals surface area contributed by atoms with Crippen molar-refractivity contribution in [3.8, 4) is 0 Å². The van der Waals surface area contributed by atoms with Crippen LogP contribution in [0.5, 0.6) is 0 Å². The van der Waals surface area contributed by atoms with Crippen molar-refractivity contribution < 1.29 is 8.42 Å². The van der Waals surface area contributed by atoms with E-state index in [2.05, 4.69) is 4.72 Å². The second kappa shape index (κ2) is 2.03. The van der Waals surface area contributed by atoms with E-state index in [1.54, 1.807) is 6.54 Å². The SMILES string of the molecule is O=S1(=O)CCC[CH]N1. The molecule has 8 heavy (non-hydrogen) atoms. The van der Waals surface area contributed by atoms with E-state index in [9.17, 15) is 8.42 Å². The maximum atomic E-state index is 10.5. The van der Waals surface area contributed by atoms with Gasteiger partial charge in [-0.05, 0) is 12.8 Å². The Morgan fingerprint density at radius 2 is 2.25 bits per heavy atom. The van der Waals surface area contributed by atoms with Crippen LogP contribution in [0.1, 0.15) is 12.8 Å². The second-order valence-corrected chi connectivity index (χ2v) is 3.66. The summed E-state index contributed by atoms with van der Waals surface area (Å²) in [6, 6.07) is 0. The Kier molecular flexibility index (Phi) is 1.53. The van der Waals surface area contributed by atoms with Crippen LogP contribution in [0.25, 0.3) is 0 Å². The van der Waals surface area contributed by atoms with Crippen LogP contribution in [-0.2, 0) is 10.0 Å². The molecule has 1 aliphatic heterocycles. The monoisotopic (exact) mass is 134 g/mol. The van der Waals surface area contributed by atoms with Gasteiger partial charge in [0.1, 0.15) is 0 Å². The first-order valence-electron chi connectivity index (χ1n) is 2.52. The minimum absolute atomic E-state index is 0.281. The van der Waals surface area contributed by atoms with Crippen LogP contribution < -0.4 is 4.72 Å². The van der Waals surface area contributed by atoms with Gasteiger partial charge in [0.25, 0.3) is 0 Å². The molecule has 0 aromatic carbocycles. The van der Waals surface area contributed by atoms with Crippen molar-refractivity contribution in [3.05, 3.63) is 6.54 Å². The summed E-state index contributed by atoms with van der Waals surface area (Å²) in [6.45, 7) is 1.58. The van der Waals surface area contributed by atoms with Crippen molar-refractivity contribution in [1.29, 1.82) is 0 Å². The lowest BCUT2D eigenvalue weighted by molar-refractivity contribution is 0.574. The molecule has 47 valence electrons. The molecule has 0 spiro atoms. The predicted octanol–water partition coefficient (Wildman–Crippen LogP) is -0.139. The Morgan fingerprint density at radius 3 is 2.50 bits per heavy atom. The van der Waals surface area contributed by atoms with Gasteiger partial charge < -0.3 is 0 Å². The Hall–Kier alpha value is -0.0900. The zero-order valence-corrected chi connectivity index (χ0v) is 5.24. The van der Waals surface area contributed by atoms with Gasteiger partial charge in [-0.2, -0.15) is 0 Å². The molecule has 1 fully saturated rings. The topological polar surface area (TPSA) is 46.2 Å². The zero-order valence-electron chi connectivity index (χ0n) is 4.42. The van der Waals surface area contributed by atoms with Crippen molar-refractivity contribution >= 4 is 10.0 Å². The number of sulfonamides is 1.